The van der Waals surface area contributed by atoms with E-state index in [1.54, 1.807) is 5.57 Å². The van der Waals surface area contributed by atoms with Crippen LogP contribution in [0.2, 0.25) is 0 Å². The first-order chi connectivity index (χ1) is 8.72. The first-order valence-electron chi connectivity index (χ1n) is 7.68. The molecule has 1 saturated carbocycles. The maximum atomic E-state index is 3.16. The second kappa shape index (κ2) is 9.38. The summed E-state index contributed by atoms with van der Waals surface area (Å²) in [4.78, 5) is 0. The minimum Gasteiger partial charge on any atom is -0.316 e. The summed E-state index contributed by atoms with van der Waals surface area (Å²) >= 11 is 0. The molecule has 0 aromatic heterocycles. The van der Waals surface area contributed by atoms with E-state index in [4.69, 9.17) is 0 Å². The SMILES string of the molecule is CNC/C=C(\C)CCC=C(C)CC1CCCCC1. The van der Waals surface area contributed by atoms with Gasteiger partial charge in [-0.2, -0.15) is 0 Å². The molecule has 1 rings (SSSR count). The summed E-state index contributed by atoms with van der Waals surface area (Å²) in [6.45, 7) is 5.56. The van der Waals surface area contributed by atoms with Gasteiger partial charge in [0, 0.05) is 6.54 Å². The van der Waals surface area contributed by atoms with Crippen molar-refractivity contribution in [2.75, 3.05) is 13.6 Å². The van der Waals surface area contributed by atoms with Crippen molar-refractivity contribution in [3.8, 4) is 0 Å². The third-order valence-electron chi connectivity index (χ3n) is 4.02. The van der Waals surface area contributed by atoms with Crippen molar-refractivity contribution < 1.29 is 0 Å². The van der Waals surface area contributed by atoms with Gasteiger partial charge in [-0.05, 0) is 46.1 Å². The maximum absolute atomic E-state index is 3.16. The van der Waals surface area contributed by atoms with Crippen molar-refractivity contribution in [1.29, 1.82) is 0 Å². The molecule has 1 nitrogen and oxygen atoms in total. The number of rotatable bonds is 7. The highest BCUT2D eigenvalue weighted by molar-refractivity contribution is 5.04. The van der Waals surface area contributed by atoms with Gasteiger partial charge in [-0.15, -0.1) is 0 Å². The van der Waals surface area contributed by atoms with Crippen molar-refractivity contribution in [2.24, 2.45) is 5.92 Å². The van der Waals surface area contributed by atoms with Gasteiger partial charge in [0.05, 0.1) is 0 Å². The summed E-state index contributed by atoms with van der Waals surface area (Å²) in [7, 11) is 2.00. The van der Waals surface area contributed by atoms with Gasteiger partial charge >= 0.3 is 0 Å². The molecule has 104 valence electrons. The third-order valence-corrected chi connectivity index (χ3v) is 4.02. The largest absolute Gasteiger partial charge is 0.316 e. The number of allylic oxidation sites excluding steroid dienone is 3. The van der Waals surface area contributed by atoms with E-state index in [9.17, 15) is 0 Å². The van der Waals surface area contributed by atoms with Gasteiger partial charge in [0.15, 0.2) is 0 Å². The fourth-order valence-electron chi connectivity index (χ4n) is 2.85. The molecule has 1 fully saturated rings. The molecule has 0 spiro atoms. The molecule has 1 heteroatoms. The first kappa shape index (κ1) is 15.5. The molecular weight excluding hydrogens is 218 g/mol. The maximum Gasteiger partial charge on any atom is 0.0134 e. The fraction of sp³-hybridized carbons (Fsp3) is 0.765. The van der Waals surface area contributed by atoms with Crippen LogP contribution in [0.4, 0.5) is 0 Å². The van der Waals surface area contributed by atoms with E-state index in [0.717, 1.165) is 12.5 Å². The van der Waals surface area contributed by atoms with E-state index >= 15 is 0 Å². The molecule has 0 amide bonds. The van der Waals surface area contributed by atoms with Gasteiger partial charge in [0.2, 0.25) is 0 Å². The summed E-state index contributed by atoms with van der Waals surface area (Å²) < 4.78 is 0. The predicted octanol–water partition coefficient (Wildman–Crippen LogP) is 4.85. The highest BCUT2D eigenvalue weighted by Crippen LogP contribution is 2.28. The molecule has 1 N–H and O–H groups in total. The lowest BCUT2D eigenvalue weighted by atomic mass is 9.85. The molecule has 0 aromatic carbocycles. The Morgan fingerprint density at radius 3 is 2.44 bits per heavy atom. The smallest absolute Gasteiger partial charge is 0.0134 e. The zero-order valence-corrected chi connectivity index (χ0v) is 12.6. The van der Waals surface area contributed by atoms with Gasteiger partial charge in [-0.25, -0.2) is 0 Å². The lowest BCUT2D eigenvalue weighted by Gasteiger charge is -2.21. The van der Waals surface area contributed by atoms with E-state index in [0.29, 0.717) is 0 Å². The minimum atomic E-state index is 0.982. The molecule has 0 unspecified atom stereocenters. The van der Waals surface area contributed by atoms with Crippen LogP contribution in [0.15, 0.2) is 23.3 Å². The number of likely N-dealkylation sites (N-methyl/N-ethyl adjacent to an activating group) is 1. The van der Waals surface area contributed by atoms with Crippen molar-refractivity contribution in [3.63, 3.8) is 0 Å². The van der Waals surface area contributed by atoms with Crippen LogP contribution in [0.3, 0.4) is 0 Å². The highest BCUT2D eigenvalue weighted by atomic mass is 14.8. The summed E-state index contributed by atoms with van der Waals surface area (Å²) in [5.41, 5.74) is 3.12. The highest BCUT2D eigenvalue weighted by Gasteiger charge is 2.13. The molecule has 18 heavy (non-hydrogen) atoms. The van der Waals surface area contributed by atoms with Gasteiger partial charge in [0.1, 0.15) is 0 Å². The van der Waals surface area contributed by atoms with Gasteiger partial charge in [-0.3, -0.25) is 0 Å². The Bertz CT molecular complexity index is 269. The van der Waals surface area contributed by atoms with Crippen LogP contribution in [-0.2, 0) is 0 Å². The topological polar surface area (TPSA) is 12.0 Å². The average molecular weight is 249 g/mol. The van der Waals surface area contributed by atoms with E-state index < -0.39 is 0 Å². The van der Waals surface area contributed by atoms with Crippen molar-refractivity contribution >= 4 is 0 Å². The van der Waals surface area contributed by atoms with Crippen LogP contribution in [0.1, 0.15) is 65.2 Å². The lowest BCUT2D eigenvalue weighted by Crippen LogP contribution is -2.06. The van der Waals surface area contributed by atoms with Gasteiger partial charge in [0.25, 0.3) is 0 Å². The number of hydrogen-bond acceptors (Lipinski definition) is 1. The molecule has 0 radical (unpaired) electrons. The second-order valence-corrected chi connectivity index (χ2v) is 5.91. The molecule has 0 aromatic rings. The Labute approximate surface area is 114 Å². The molecule has 0 aliphatic heterocycles. The second-order valence-electron chi connectivity index (χ2n) is 5.91. The van der Waals surface area contributed by atoms with Crippen LogP contribution in [0, 0.1) is 5.92 Å². The lowest BCUT2D eigenvalue weighted by molar-refractivity contribution is 0.356. The Balaban J connectivity index is 2.20. The Morgan fingerprint density at radius 2 is 1.78 bits per heavy atom. The van der Waals surface area contributed by atoms with Crippen LogP contribution in [0.5, 0.6) is 0 Å². The summed E-state index contributed by atoms with van der Waals surface area (Å²) in [5, 5.41) is 3.16. The first-order valence-corrected chi connectivity index (χ1v) is 7.68. The van der Waals surface area contributed by atoms with Crippen LogP contribution in [0.25, 0.3) is 0 Å². The van der Waals surface area contributed by atoms with Gasteiger partial charge < -0.3 is 5.32 Å². The quantitative estimate of drug-likeness (QED) is 0.636. The Morgan fingerprint density at radius 1 is 1.06 bits per heavy atom. The Kier molecular flexibility index (Phi) is 8.08. The van der Waals surface area contributed by atoms with Crippen LogP contribution < -0.4 is 5.32 Å². The molecule has 0 atom stereocenters. The van der Waals surface area contributed by atoms with E-state index in [1.807, 2.05) is 7.05 Å². The summed E-state index contributed by atoms with van der Waals surface area (Å²) in [6, 6.07) is 0. The van der Waals surface area contributed by atoms with Crippen molar-refractivity contribution in [3.05, 3.63) is 23.3 Å². The monoisotopic (exact) mass is 249 g/mol. The summed E-state index contributed by atoms with van der Waals surface area (Å²) in [6.07, 6.45) is 15.9. The standard InChI is InChI=1S/C17H31N/c1-15(12-13-18-3)8-7-9-16(2)14-17-10-5-4-6-11-17/h9,12,17-18H,4-8,10-11,13-14H2,1-3H3/b15-12+,16-9?. The van der Waals surface area contributed by atoms with Crippen LogP contribution >= 0.6 is 0 Å². The van der Waals surface area contributed by atoms with E-state index in [-0.39, 0.29) is 0 Å². The molecular formula is C17H31N. The molecule has 0 saturated heterocycles. The molecule has 1 aliphatic carbocycles. The number of nitrogens with one attached hydrogen (secondary N) is 1. The fourth-order valence-corrected chi connectivity index (χ4v) is 2.85. The number of hydrogen-bond donors (Lipinski definition) is 1. The molecule has 0 heterocycles. The van der Waals surface area contributed by atoms with Crippen molar-refractivity contribution in [1.82, 2.24) is 5.32 Å². The third kappa shape index (κ3) is 7.00. The van der Waals surface area contributed by atoms with E-state index in [1.165, 1.54) is 56.9 Å². The minimum absolute atomic E-state index is 0.982. The zero-order chi connectivity index (χ0) is 13.2. The zero-order valence-electron chi connectivity index (χ0n) is 12.6. The summed E-state index contributed by atoms with van der Waals surface area (Å²) in [5.74, 6) is 0.982. The Hall–Kier alpha value is -0.560. The normalized spacial score (nSPS) is 19.3. The van der Waals surface area contributed by atoms with Crippen LogP contribution in [-0.4, -0.2) is 13.6 Å². The molecule has 0 bridgehead atoms. The van der Waals surface area contributed by atoms with Crippen molar-refractivity contribution in [2.45, 2.75) is 65.2 Å². The average Bonchev–Trinajstić information content (AvgIpc) is 2.37. The molecule has 1 aliphatic rings. The predicted molar refractivity (Wildman–Crippen MR) is 81.9 cm³/mol. The van der Waals surface area contributed by atoms with E-state index in [2.05, 4.69) is 31.3 Å². The van der Waals surface area contributed by atoms with Gasteiger partial charge in [-0.1, -0.05) is 55.4 Å².